The Balaban J connectivity index is 1.54. The summed E-state index contributed by atoms with van der Waals surface area (Å²) >= 11 is 0. The Bertz CT molecular complexity index is 1580. The van der Waals surface area contributed by atoms with E-state index < -0.39 is 58.6 Å². The van der Waals surface area contributed by atoms with Gasteiger partial charge in [-0.1, -0.05) is 86.9 Å². The molecule has 1 aliphatic heterocycles. The molecule has 12 heteroatoms. The molecule has 6 atom stereocenters. The van der Waals surface area contributed by atoms with Crippen molar-refractivity contribution < 1.29 is 29.1 Å². The van der Waals surface area contributed by atoms with Crippen molar-refractivity contribution in [3.8, 4) is 5.88 Å². The zero-order valence-electron chi connectivity index (χ0n) is 30.8. The van der Waals surface area contributed by atoms with Crippen LogP contribution in [0, 0.1) is 28.1 Å². The number of likely N-dealkylation sites (N-methyl/N-ethyl adjacent to an activating group) is 1. The molecule has 1 aliphatic carbocycles. The molecule has 5 amide bonds. The summed E-state index contributed by atoms with van der Waals surface area (Å²) in [6.45, 7) is 20.2. The number of piperidine rings is 1. The average molecular weight is 681 g/mol. The quantitative estimate of drug-likeness (QED) is 0.213. The van der Waals surface area contributed by atoms with E-state index in [-0.39, 0.29) is 42.0 Å². The number of benzene rings is 1. The molecule has 0 spiro atoms. The van der Waals surface area contributed by atoms with Gasteiger partial charge < -0.3 is 35.8 Å². The van der Waals surface area contributed by atoms with Crippen LogP contribution in [0.15, 0.2) is 30.5 Å². The summed E-state index contributed by atoms with van der Waals surface area (Å²) < 4.78 is 1.72. The molecule has 49 heavy (non-hydrogen) atoms. The lowest BCUT2D eigenvalue weighted by Gasteiger charge is -2.38. The molecule has 2 heterocycles. The molecule has 1 saturated heterocycles. The minimum absolute atomic E-state index is 0.0837. The maximum atomic E-state index is 14.4. The molecular weight excluding hydrogens is 624 g/mol. The Morgan fingerprint density at radius 3 is 2.18 bits per heavy atom. The molecule has 2 fully saturated rings. The van der Waals surface area contributed by atoms with E-state index in [4.69, 9.17) is 0 Å². The Hall–Kier alpha value is -4.09. The number of nitrogens with zero attached hydrogens (tertiary/aromatic N) is 2. The number of fused-ring (bicyclic) bond motifs is 2. The molecule has 12 nitrogen and oxygen atoms in total. The third kappa shape index (κ3) is 7.88. The van der Waals surface area contributed by atoms with Gasteiger partial charge in [0.05, 0.1) is 12.1 Å². The number of carbonyl (C=O) groups excluding carboxylic acids is 5. The number of urea groups is 1. The van der Waals surface area contributed by atoms with Crippen LogP contribution >= 0.6 is 0 Å². The summed E-state index contributed by atoms with van der Waals surface area (Å²) in [5.74, 6) is -2.23. The van der Waals surface area contributed by atoms with Crippen LogP contribution in [0.4, 0.5) is 4.79 Å². The molecule has 270 valence electrons. The number of hydrogen-bond acceptors (Lipinski definition) is 6. The average Bonchev–Trinajstić information content (AvgIpc) is 3.29. The van der Waals surface area contributed by atoms with Crippen molar-refractivity contribution in [2.75, 3.05) is 13.1 Å². The summed E-state index contributed by atoms with van der Waals surface area (Å²) in [5.41, 5.74) is -1.31. The van der Waals surface area contributed by atoms with Gasteiger partial charge in [-0.2, -0.15) is 0 Å². The first-order valence-corrected chi connectivity index (χ1v) is 17.5. The monoisotopic (exact) mass is 680 g/mol. The first-order valence-electron chi connectivity index (χ1n) is 17.5. The number of nitrogens with one attached hydrogen (secondary N) is 4. The van der Waals surface area contributed by atoms with Crippen LogP contribution in [-0.4, -0.2) is 81.4 Å². The highest BCUT2D eigenvalue weighted by Gasteiger charge is 2.70. The van der Waals surface area contributed by atoms with Gasteiger partial charge in [0.15, 0.2) is 5.88 Å². The van der Waals surface area contributed by atoms with Gasteiger partial charge >= 0.3 is 6.03 Å². The molecule has 2 aliphatic rings. The van der Waals surface area contributed by atoms with Crippen molar-refractivity contribution in [1.82, 2.24) is 30.7 Å². The molecule has 1 aromatic carbocycles. The number of amides is 5. The number of Topliss-reactive ketones (excluding diaryl/α,β-unsaturated/α-hetero) is 1. The van der Waals surface area contributed by atoms with E-state index in [0.717, 1.165) is 10.8 Å². The van der Waals surface area contributed by atoms with E-state index >= 15 is 0 Å². The van der Waals surface area contributed by atoms with Crippen LogP contribution in [-0.2, 0) is 25.7 Å². The van der Waals surface area contributed by atoms with Crippen molar-refractivity contribution in [1.29, 1.82) is 0 Å². The molecule has 0 radical (unpaired) electrons. The van der Waals surface area contributed by atoms with Crippen LogP contribution in [0.5, 0.6) is 5.88 Å². The summed E-state index contributed by atoms with van der Waals surface area (Å²) in [7, 11) is 0. The Kier molecular flexibility index (Phi) is 10.8. The minimum Gasteiger partial charge on any atom is -0.494 e. The maximum absolute atomic E-state index is 14.4. The summed E-state index contributed by atoms with van der Waals surface area (Å²) in [4.78, 5) is 68.9. The topological polar surface area (TPSA) is 162 Å². The van der Waals surface area contributed by atoms with Gasteiger partial charge in [-0.3, -0.25) is 19.2 Å². The fourth-order valence-corrected chi connectivity index (χ4v) is 7.25. The highest BCUT2D eigenvalue weighted by atomic mass is 16.3. The molecule has 1 aromatic heterocycles. The predicted octanol–water partition coefficient (Wildman–Crippen LogP) is 3.95. The van der Waals surface area contributed by atoms with Crippen LogP contribution in [0.2, 0.25) is 0 Å². The van der Waals surface area contributed by atoms with Gasteiger partial charge in [-0.05, 0) is 47.5 Å². The van der Waals surface area contributed by atoms with Crippen LogP contribution < -0.4 is 21.3 Å². The number of rotatable bonds is 12. The largest absolute Gasteiger partial charge is 0.494 e. The van der Waals surface area contributed by atoms with E-state index in [0.29, 0.717) is 19.5 Å². The Morgan fingerprint density at radius 2 is 1.61 bits per heavy atom. The number of hydrogen-bond donors (Lipinski definition) is 5. The number of carbonyl (C=O) groups is 5. The highest BCUT2D eigenvalue weighted by Crippen LogP contribution is 2.65. The van der Waals surface area contributed by atoms with E-state index in [1.165, 1.54) is 0 Å². The van der Waals surface area contributed by atoms with Crippen molar-refractivity contribution in [2.45, 2.75) is 113 Å². The van der Waals surface area contributed by atoms with Gasteiger partial charge in [-0.25, -0.2) is 4.79 Å². The molecule has 4 rings (SSSR count). The predicted molar refractivity (Wildman–Crippen MR) is 189 cm³/mol. The van der Waals surface area contributed by atoms with Crippen LogP contribution in [0.1, 0.15) is 82.1 Å². The van der Waals surface area contributed by atoms with E-state index in [2.05, 4.69) is 35.1 Å². The molecule has 2 aromatic rings. The first-order chi connectivity index (χ1) is 22.7. The third-order valence-electron chi connectivity index (χ3n) is 10.4. The summed E-state index contributed by atoms with van der Waals surface area (Å²) in [6, 6.07) is 3.73. The van der Waals surface area contributed by atoms with Crippen molar-refractivity contribution >= 4 is 40.3 Å². The fraction of sp³-hybridized carbons (Fsp3) is 0.649. The lowest BCUT2D eigenvalue weighted by Crippen LogP contribution is -2.62. The summed E-state index contributed by atoms with van der Waals surface area (Å²) in [6.07, 6.45) is 2.71. The second-order valence-corrected chi connectivity index (χ2v) is 16.5. The number of aromatic nitrogens is 1. The number of aromatic hydroxyl groups is 1. The maximum Gasteiger partial charge on any atom is 0.315 e. The number of ketones is 1. The van der Waals surface area contributed by atoms with Crippen LogP contribution in [0.25, 0.3) is 10.8 Å². The lowest BCUT2D eigenvalue weighted by molar-refractivity contribution is -0.145. The van der Waals surface area contributed by atoms with Crippen molar-refractivity contribution in [2.24, 2.45) is 28.1 Å². The van der Waals surface area contributed by atoms with Gasteiger partial charge in [0, 0.05) is 36.6 Å². The second-order valence-electron chi connectivity index (χ2n) is 16.5. The number of likely N-dealkylation sites (tertiary alicyclic amines) is 1. The van der Waals surface area contributed by atoms with Crippen molar-refractivity contribution in [3.63, 3.8) is 0 Å². The summed E-state index contributed by atoms with van der Waals surface area (Å²) in [5, 5.41) is 23.8. The van der Waals surface area contributed by atoms with Gasteiger partial charge in [0.2, 0.25) is 17.6 Å². The highest BCUT2D eigenvalue weighted by molar-refractivity contribution is 6.38. The molecular formula is C37H56N6O6. The van der Waals surface area contributed by atoms with E-state index in [1.54, 1.807) is 16.4 Å². The minimum atomic E-state index is -1.00. The van der Waals surface area contributed by atoms with Gasteiger partial charge in [-0.15, -0.1) is 0 Å². The lowest BCUT2D eigenvalue weighted by atomic mass is 9.85. The van der Waals surface area contributed by atoms with Crippen LogP contribution in [0.3, 0.4) is 0 Å². The van der Waals surface area contributed by atoms with E-state index in [9.17, 15) is 29.1 Å². The van der Waals surface area contributed by atoms with E-state index in [1.807, 2.05) is 78.9 Å². The molecule has 1 unspecified atom stereocenters. The fourth-order valence-electron chi connectivity index (χ4n) is 7.25. The molecule has 1 saturated carbocycles. The third-order valence-corrected chi connectivity index (χ3v) is 10.4. The molecule has 0 bridgehead atoms. The molecule has 5 N–H and O–H groups in total. The normalized spacial score (nSPS) is 21.7. The van der Waals surface area contributed by atoms with Crippen molar-refractivity contribution in [3.05, 3.63) is 30.5 Å². The Morgan fingerprint density at radius 1 is 0.959 bits per heavy atom. The standard InChI is InChI=1S/C37H56N6O6/c1-11-15-24(28(44)31(46)38-12-2)39-30(45)27-26-23(37(26,9)10)19-43(27)33(48)29(36(6,7)8)41-34(49)40-25(35(3,4)5)20-42-18-21-16-13-14-17-22(21)32(42)47/h13-14,16-18,23-27,29,47H,11-12,15,19-20H2,1-10H3,(H,38,46)(H,39,45)(H2,40,41,49)/t23-,24?,25+,26-,27-,29+/m0/s1. The first kappa shape index (κ1) is 37.7. The SMILES string of the molecule is CCCC(NC(=O)[C@@H]1[C@@H]2[C@H](CN1C(=O)[C@@H](NC(=O)N[C@H](Cn1cc3ccccc3c1O)C(C)(C)C)C(C)(C)C)C2(C)C)C(=O)C(=O)NCC. The smallest absolute Gasteiger partial charge is 0.315 e. The zero-order chi connectivity index (χ0) is 36.6. The second kappa shape index (κ2) is 14.0. The van der Waals surface area contributed by atoms with Gasteiger partial charge in [0.25, 0.3) is 5.91 Å². The van der Waals surface area contributed by atoms with Gasteiger partial charge in [0.1, 0.15) is 12.1 Å². The Labute approximate surface area is 290 Å². The zero-order valence-corrected chi connectivity index (χ0v) is 30.8.